The lowest BCUT2D eigenvalue weighted by Gasteiger charge is -2.08. The Labute approximate surface area is 139 Å². The van der Waals surface area contributed by atoms with E-state index in [-0.39, 0.29) is 11.6 Å². The maximum Gasteiger partial charge on any atom is 0.271 e. The van der Waals surface area contributed by atoms with Gasteiger partial charge in [0.25, 0.3) is 5.91 Å². The number of ether oxygens (including phenoxy) is 1. The quantitative estimate of drug-likeness (QED) is 0.699. The van der Waals surface area contributed by atoms with Crippen molar-refractivity contribution in [3.05, 3.63) is 66.4 Å². The van der Waals surface area contributed by atoms with Crippen molar-refractivity contribution < 1.29 is 9.53 Å². The number of benzene rings is 1. The van der Waals surface area contributed by atoms with Crippen molar-refractivity contribution in [2.45, 2.75) is 6.92 Å². The number of hydrogen-bond acceptors (Lipinski definition) is 5. The largest absolute Gasteiger partial charge is 0.492 e. The summed E-state index contributed by atoms with van der Waals surface area (Å²) in [6.45, 7) is 2.79. The Balaban J connectivity index is 1.47. The molecule has 0 bridgehead atoms. The molecule has 0 aliphatic rings. The summed E-state index contributed by atoms with van der Waals surface area (Å²) in [4.78, 5) is 15.9. The highest BCUT2D eigenvalue weighted by atomic mass is 16.5. The van der Waals surface area contributed by atoms with Crippen molar-refractivity contribution in [2.75, 3.05) is 13.2 Å². The minimum atomic E-state index is -0.285. The van der Waals surface area contributed by atoms with Gasteiger partial charge >= 0.3 is 0 Å². The Hall–Kier alpha value is -3.22. The van der Waals surface area contributed by atoms with Gasteiger partial charge in [-0.2, -0.15) is 0 Å². The van der Waals surface area contributed by atoms with E-state index < -0.39 is 0 Å². The molecule has 3 aromatic rings. The van der Waals surface area contributed by atoms with E-state index in [1.807, 2.05) is 31.2 Å². The highest BCUT2D eigenvalue weighted by Gasteiger charge is 2.08. The first kappa shape index (κ1) is 15.7. The minimum Gasteiger partial charge on any atom is -0.492 e. The Morgan fingerprint density at radius 1 is 1.17 bits per heavy atom. The zero-order valence-corrected chi connectivity index (χ0v) is 13.2. The number of aryl methyl sites for hydroxylation is 1. The molecule has 1 aromatic carbocycles. The molecule has 0 saturated heterocycles. The lowest BCUT2D eigenvalue weighted by Crippen LogP contribution is -2.29. The first-order valence-corrected chi connectivity index (χ1v) is 7.52. The minimum absolute atomic E-state index is 0.259. The van der Waals surface area contributed by atoms with Crippen molar-refractivity contribution in [1.29, 1.82) is 0 Å². The van der Waals surface area contributed by atoms with Crippen molar-refractivity contribution in [2.24, 2.45) is 0 Å². The van der Waals surface area contributed by atoms with Crippen molar-refractivity contribution in [1.82, 2.24) is 25.1 Å². The molecule has 122 valence electrons. The standard InChI is InChI=1S/C17H17N5O2/c1-13-2-4-14(5-3-13)24-11-9-19-17(23)15-6-7-16(21-20-15)22-10-8-18-12-22/h2-8,10,12H,9,11H2,1H3,(H,19,23). The van der Waals surface area contributed by atoms with Gasteiger partial charge in [0.15, 0.2) is 11.5 Å². The van der Waals surface area contributed by atoms with Crippen LogP contribution in [0.2, 0.25) is 0 Å². The van der Waals surface area contributed by atoms with E-state index in [9.17, 15) is 4.79 Å². The van der Waals surface area contributed by atoms with Gasteiger partial charge in [-0.05, 0) is 31.2 Å². The Morgan fingerprint density at radius 2 is 2.00 bits per heavy atom. The summed E-state index contributed by atoms with van der Waals surface area (Å²) in [5, 5.41) is 10.7. The maximum atomic E-state index is 12.0. The first-order valence-electron chi connectivity index (χ1n) is 7.52. The summed E-state index contributed by atoms with van der Waals surface area (Å²) < 4.78 is 7.27. The average Bonchev–Trinajstić information content (AvgIpc) is 3.15. The Bertz CT molecular complexity index is 783. The van der Waals surface area contributed by atoms with Crippen LogP contribution >= 0.6 is 0 Å². The topological polar surface area (TPSA) is 81.9 Å². The molecule has 1 amide bonds. The summed E-state index contributed by atoms with van der Waals surface area (Å²) in [7, 11) is 0. The molecule has 0 atom stereocenters. The molecule has 2 aromatic heterocycles. The van der Waals surface area contributed by atoms with Crippen LogP contribution in [0.4, 0.5) is 0 Å². The molecular weight excluding hydrogens is 306 g/mol. The van der Waals surface area contributed by atoms with Gasteiger partial charge in [0.2, 0.25) is 0 Å². The molecule has 24 heavy (non-hydrogen) atoms. The fourth-order valence-electron chi connectivity index (χ4n) is 2.04. The number of carbonyl (C=O) groups is 1. The van der Waals surface area contributed by atoms with Crippen LogP contribution in [0, 0.1) is 6.92 Å². The van der Waals surface area contributed by atoms with Crippen LogP contribution in [0.3, 0.4) is 0 Å². The Kier molecular flexibility index (Phi) is 4.81. The predicted octanol–water partition coefficient (Wildman–Crippen LogP) is 1.78. The third-order valence-electron chi connectivity index (χ3n) is 3.33. The van der Waals surface area contributed by atoms with Gasteiger partial charge in [0.05, 0.1) is 6.54 Å². The van der Waals surface area contributed by atoms with Gasteiger partial charge in [0.1, 0.15) is 18.7 Å². The monoisotopic (exact) mass is 323 g/mol. The second kappa shape index (κ2) is 7.36. The number of hydrogen-bond donors (Lipinski definition) is 1. The third-order valence-corrected chi connectivity index (χ3v) is 3.33. The predicted molar refractivity (Wildman–Crippen MR) is 88.2 cm³/mol. The third kappa shape index (κ3) is 3.95. The number of nitrogens with one attached hydrogen (secondary N) is 1. The van der Waals surface area contributed by atoms with E-state index in [0.29, 0.717) is 19.0 Å². The molecule has 0 radical (unpaired) electrons. The molecule has 7 heteroatoms. The summed E-state index contributed by atoms with van der Waals surface area (Å²) in [6.07, 6.45) is 5.02. The molecule has 7 nitrogen and oxygen atoms in total. The average molecular weight is 323 g/mol. The van der Waals surface area contributed by atoms with Crippen molar-refractivity contribution in [3.63, 3.8) is 0 Å². The molecule has 0 spiro atoms. The van der Waals surface area contributed by atoms with Crippen LogP contribution in [0.15, 0.2) is 55.1 Å². The van der Waals surface area contributed by atoms with E-state index in [1.54, 1.807) is 35.4 Å². The van der Waals surface area contributed by atoms with Crippen molar-refractivity contribution in [3.8, 4) is 11.6 Å². The van der Waals surface area contributed by atoms with Crippen LogP contribution in [-0.2, 0) is 0 Å². The normalized spacial score (nSPS) is 10.4. The zero-order valence-electron chi connectivity index (χ0n) is 13.2. The van der Waals surface area contributed by atoms with E-state index in [0.717, 1.165) is 5.75 Å². The summed E-state index contributed by atoms with van der Waals surface area (Å²) in [5.41, 5.74) is 1.43. The van der Waals surface area contributed by atoms with Gasteiger partial charge in [-0.3, -0.25) is 9.36 Å². The molecule has 1 N–H and O–H groups in total. The molecule has 0 saturated carbocycles. The zero-order chi connectivity index (χ0) is 16.8. The molecular formula is C17H17N5O2. The van der Waals surface area contributed by atoms with Crippen molar-refractivity contribution >= 4 is 5.91 Å². The molecule has 0 aliphatic heterocycles. The van der Waals surface area contributed by atoms with Crippen LogP contribution in [0.1, 0.15) is 16.1 Å². The molecule has 0 aliphatic carbocycles. The highest BCUT2D eigenvalue weighted by molar-refractivity contribution is 5.92. The fraction of sp³-hybridized carbons (Fsp3) is 0.176. The second-order valence-corrected chi connectivity index (χ2v) is 5.16. The Morgan fingerprint density at radius 3 is 2.67 bits per heavy atom. The van der Waals surface area contributed by atoms with Gasteiger partial charge in [-0.1, -0.05) is 17.7 Å². The van der Waals surface area contributed by atoms with Gasteiger partial charge < -0.3 is 10.1 Å². The summed E-state index contributed by atoms with van der Waals surface area (Å²) >= 11 is 0. The van der Waals surface area contributed by atoms with Gasteiger partial charge in [0, 0.05) is 12.4 Å². The highest BCUT2D eigenvalue weighted by Crippen LogP contribution is 2.10. The number of aromatic nitrogens is 4. The molecule has 3 rings (SSSR count). The lowest BCUT2D eigenvalue weighted by molar-refractivity contribution is 0.0941. The second-order valence-electron chi connectivity index (χ2n) is 5.16. The maximum absolute atomic E-state index is 12.0. The van der Waals surface area contributed by atoms with Crippen LogP contribution < -0.4 is 10.1 Å². The smallest absolute Gasteiger partial charge is 0.271 e. The van der Waals surface area contributed by atoms with Crippen LogP contribution in [0.5, 0.6) is 5.75 Å². The van der Waals surface area contributed by atoms with Crippen LogP contribution in [0.25, 0.3) is 5.82 Å². The van der Waals surface area contributed by atoms with E-state index >= 15 is 0 Å². The summed E-state index contributed by atoms with van der Waals surface area (Å²) in [6, 6.07) is 11.1. The molecule has 2 heterocycles. The lowest BCUT2D eigenvalue weighted by atomic mass is 10.2. The molecule has 0 fully saturated rings. The summed E-state index contributed by atoms with van der Waals surface area (Å²) in [5.74, 6) is 1.10. The van der Waals surface area contributed by atoms with Gasteiger partial charge in [-0.25, -0.2) is 4.98 Å². The number of amides is 1. The first-order chi connectivity index (χ1) is 11.7. The van der Waals surface area contributed by atoms with E-state index in [1.165, 1.54) is 5.56 Å². The number of rotatable bonds is 6. The van der Waals surface area contributed by atoms with Gasteiger partial charge in [-0.15, -0.1) is 10.2 Å². The molecule has 0 unspecified atom stereocenters. The fourth-order valence-corrected chi connectivity index (χ4v) is 2.04. The number of nitrogens with zero attached hydrogens (tertiary/aromatic N) is 4. The SMILES string of the molecule is Cc1ccc(OCCNC(=O)c2ccc(-n3ccnc3)nn2)cc1. The van der Waals surface area contributed by atoms with E-state index in [2.05, 4.69) is 20.5 Å². The van der Waals surface area contributed by atoms with Crippen LogP contribution in [-0.4, -0.2) is 38.8 Å². The number of imidazole rings is 1. The van der Waals surface area contributed by atoms with E-state index in [4.69, 9.17) is 4.74 Å². The number of carbonyl (C=O) groups excluding carboxylic acids is 1.